The molecule has 0 aromatic heterocycles. The Balaban J connectivity index is 1.90. The summed E-state index contributed by atoms with van der Waals surface area (Å²) in [6.45, 7) is 11.9. The van der Waals surface area contributed by atoms with Gasteiger partial charge in [0, 0.05) is 18.1 Å². The number of carbonyl (C=O) groups excluding carboxylic acids is 2. The van der Waals surface area contributed by atoms with E-state index in [1.54, 1.807) is 0 Å². The van der Waals surface area contributed by atoms with Crippen LogP contribution in [0.5, 0.6) is 0 Å². The third kappa shape index (κ3) is 3.63. The van der Waals surface area contributed by atoms with Gasteiger partial charge in [-0.15, -0.1) is 0 Å². The van der Waals surface area contributed by atoms with E-state index in [0.29, 0.717) is 12.0 Å². The number of hydrogen-bond acceptors (Lipinski definition) is 5. The first-order valence-corrected chi connectivity index (χ1v) is 9.36. The highest BCUT2D eigenvalue weighted by Crippen LogP contribution is 2.50. The Kier molecular flexibility index (Phi) is 5.11. The average molecular weight is 360 g/mol. The molecule has 3 rings (SSSR count). The van der Waals surface area contributed by atoms with Crippen LogP contribution in [-0.4, -0.2) is 35.9 Å². The van der Waals surface area contributed by atoms with Gasteiger partial charge in [-0.05, 0) is 40.0 Å². The highest BCUT2D eigenvalue weighted by atomic mass is 16.6. The molecular formula is C21H28O5. The van der Waals surface area contributed by atoms with E-state index in [0.717, 1.165) is 30.4 Å². The predicted octanol–water partition coefficient (Wildman–Crippen LogP) is 3.64. The van der Waals surface area contributed by atoms with Crippen LogP contribution >= 0.6 is 0 Å². The van der Waals surface area contributed by atoms with Crippen LogP contribution in [0.3, 0.4) is 0 Å². The van der Waals surface area contributed by atoms with Gasteiger partial charge in [-0.25, -0.2) is 9.59 Å². The van der Waals surface area contributed by atoms with Crippen LogP contribution < -0.4 is 0 Å². The first-order valence-electron chi connectivity index (χ1n) is 9.36. The monoisotopic (exact) mass is 360 g/mol. The van der Waals surface area contributed by atoms with Crippen molar-refractivity contribution in [1.29, 1.82) is 0 Å². The van der Waals surface area contributed by atoms with Gasteiger partial charge in [0.2, 0.25) is 0 Å². The lowest BCUT2D eigenvalue weighted by atomic mass is 9.82. The van der Waals surface area contributed by atoms with Gasteiger partial charge >= 0.3 is 11.9 Å². The van der Waals surface area contributed by atoms with Crippen LogP contribution in [0.1, 0.15) is 53.4 Å². The summed E-state index contributed by atoms with van der Waals surface area (Å²) >= 11 is 0. The molecule has 26 heavy (non-hydrogen) atoms. The first kappa shape index (κ1) is 18.9. The molecule has 0 N–H and O–H groups in total. The topological polar surface area (TPSA) is 65.1 Å². The van der Waals surface area contributed by atoms with Crippen LogP contribution in [0.25, 0.3) is 0 Å². The lowest BCUT2D eigenvalue weighted by Gasteiger charge is -2.27. The van der Waals surface area contributed by atoms with E-state index in [9.17, 15) is 9.59 Å². The molecule has 5 atom stereocenters. The zero-order chi connectivity index (χ0) is 19.1. The minimum Gasteiger partial charge on any atom is -0.458 e. The van der Waals surface area contributed by atoms with E-state index in [2.05, 4.69) is 12.7 Å². The quantitative estimate of drug-likeness (QED) is 0.333. The van der Waals surface area contributed by atoms with Crippen molar-refractivity contribution in [3.63, 3.8) is 0 Å². The highest BCUT2D eigenvalue weighted by Gasteiger charge is 2.63. The maximum atomic E-state index is 12.4. The molecule has 2 saturated heterocycles. The van der Waals surface area contributed by atoms with Crippen molar-refractivity contribution in [2.75, 3.05) is 0 Å². The molecule has 0 saturated carbocycles. The largest absolute Gasteiger partial charge is 0.458 e. The van der Waals surface area contributed by atoms with Crippen molar-refractivity contribution in [2.24, 2.45) is 5.92 Å². The van der Waals surface area contributed by atoms with Crippen molar-refractivity contribution in [3.05, 3.63) is 35.5 Å². The summed E-state index contributed by atoms with van der Waals surface area (Å²) < 4.78 is 17.3. The smallest absolute Gasteiger partial charge is 0.334 e. The van der Waals surface area contributed by atoms with Gasteiger partial charge in [0.15, 0.2) is 0 Å². The van der Waals surface area contributed by atoms with E-state index in [1.165, 1.54) is 6.08 Å². The number of hydrogen-bond donors (Lipinski definition) is 0. The number of esters is 2. The minimum absolute atomic E-state index is 0.170. The van der Waals surface area contributed by atoms with Crippen LogP contribution in [0.4, 0.5) is 0 Å². The molecule has 0 radical (unpaired) electrons. The van der Waals surface area contributed by atoms with E-state index in [1.807, 2.05) is 27.7 Å². The number of allylic oxidation sites excluding steroid dienone is 2. The van der Waals surface area contributed by atoms with E-state index >= 15 is 0 Å². The Bertz CT molecular complexity index is 689. The zero-order valence-corrected chi connectivity index (χ0v) is 16.0. The summed E-state index contributed by atoms with van der Waals surface area (Å²) in [6, 6.07) is 0. The first-order chi connectivity index (χ1) is 12.2. The number of ether oxygens (including phenoxy) is 3. The lowest BCUT2D eigenvalue weighted by molar-refractivity contribution is -0.147. The normalized spacial score (nSPS) is 37.2. The molecule has 2 heterocycles. The van der Waals surface area contributed by atoms with Gasteiger partial charge in [0.25, 0.3) is 0 Å². The Hall–Kier alpha value is -1.88. The third-order valence-corrected chi connectivity index (χ3v) is 5.75. The van der Waals surface area contributed by atoms with Crippen LogP contribution in [0.15, 0.2) is 35.5 Å². The molecule has 5 heteroatoms. The highest BCUT2D eigenvalue weighted by molar-refractivity contribution is 5.91. The van der Waals surface area contributed by atoms with E-state index in [-0.39, 0.29) is 23.6 Å². The van der Waals surface area contributed by atoms with Gasteiger partial charge in [-0.2, -0.15) is 0 Å². The zero-order valence-electron chi connectivity index (χ0n) is 16.0. The van der Waals surface area contributed by atoms with Gasteiger partial charge in [0.05, 0.1) is 11.5 Å². The predicted molar refractivity (Wildman–Crippen MR) is 97.3 cm³/mol. The number of fused-ring (bicyclic) bond motifs is 3. The fourth-order valence-corrected chi connectivity index (χ4v) is 3.90. The molecule has 2 fully saturated rings. The molecule has 5 nitrogen and oxygen atoms in total. The summed E-state index contributed by atoms with van der Waals surface area (Å²) in [5.41, 5.74) is 2.16. The summed E-state index contributed by atoms with van der Waals surface area (Å²) in [5.74, 6) is -1.18. The fraction of sp³-hybridized carbons (Fsp3) is 0.619. The number of carbonyl (C=O) groups is 2. The molecule has 0 aromatic carbocycles. The standard InChI is InChI=1S/C21H28O5/c1-6-12(2)11-16(22)24-15-10-13(3)8-7-9-21(5)19(26-21)18-17(15)14(4)20(23)25-18/h8,11,15,17-19H,4,6-7,9-10H2,1-3,5H3. The molecule has 0 spiro atoms. The Morgan fingerprint density at radius 3 is 2.92 bits per heavy atom. The van der Waals surface area contributed by atoms with Gasteiger partial charge in [0.1, 0.15) is 18.3 Å². The van der Waals surface area contributed by atoms with Crippen molar-refractivity contribution >= 4 is 11.9 Å². The van der Waals surface area contributed by atoms with E-state index in [4.69, 9.17) is 14.2 Å². The number of epoxide rings is 1. The maximum absolute atomic E-state index is 12.4. The van der Waals surface area contributed by atoms with Gasteiger partial charge in [-0.3, -0.25) is 0 Å². The van der Waals surface area contributed by atoms with Crippen molar-refractivity contribution < 1.29 is 23.8 Å². The summed E-state index contributed by atoms with van der Waals surface area (Å²) in [6.07, 6.45) is 5.69. The minimum atomic E-state index is -0.491. The third-order valence-electron chi connectivity index (χ3n) is 5.75. The van der Waals surface area contributed by atoms with Gasteiger partial charge < -0.3 is 14.2 Å². The lowest BCUT2D eigenvalue weighted by Crippen LogP contribution is -2.38. The maximum Gasteiger partial charge on any atom is 0.334 e. The fourth-order valence-electron chi connectivity index (χ4n) is 3.90. The molecule has 0 bridgehead atoms. The second-order valence-corrected chi connectivity index (χ2v) is 7.88. The SMILES string of the molecule is C=C1C(=O)OC2C1C(OC(=O)C=C(C)CC)CC(C)=CCCC1(C)OC21. The van der Waals surface area contributed by atoms with Crippen molar-refractivity contribution in [3.8, 4) is 0 Å². The Labute approximate surface area is 155 Å². The molecule has 5 unspecified atom stereocenters. The van der Waals surface area contributed by atoms with Crippen LogP contribution in [0, 0.1) is 5.92 Å². The molecule has 2 aliphatic heterocycles. The molecule has 0 aromatic rings. The Morgan fingerprint density at radius 2 is 2.23 bits per heavy atom. The molecule has 0 amide bonds. The second-order valence-electron chi connectivity index (χ2n) is 7.88. The summed E-state index contributed by atoms with van der Waals surface area (Å²) in [4.78, 5) is 24.6. The molecule has 142 valence electrons. The number of rotatable bonds is 3. The average Bonchev–Trinajstić information content (AvgIpc) is 3.14. The molecular weight excluding hydrogens is 332 g/mol. The second kappa shape index (κ2) is 7.03. The van der Waals surface area contributed by atoms with Crippen molar-refractivity contribution in [1.82, 2.24) is 0 Å². The molecule has 1 aliphatic carbocycles. The summed E-state index contributed by atoms with van der Waals surface area (Å²) in [5, 5.41) is 0. The van der Waals surface area contributed by atoms with Crippen molar-refractivity contribution in [2.45, 2.75) is 77.3 Å². The van der Waals surface area contributed by atoms with Gasteiger partial charge in [-0.1, -0.05) is 30.7 Å². The van der Waals surface area contributed by atoms with Crippen LogP contribution in [-0.2, 0) is 23.8 Å². The molecule has 3 aliphatic rings. The summed E-state index contributed by atoms with van der Waals surface area (Å²) in [7, 11) is 0. The van der Waals surface area contributed by atoms with E-state index < -0.39 is 18.2 Å². The Morgan fingerprint density at radius 1 is 1.50 bits per heavy atom. The van der Waals surface area contributed by atoms with Crippen LogP contribution in [0.2, 0.25) is 0 Å².